The van der Waals surface area contributed by atoms with Crippen molar-refractivity contribution in [3.8, 4) is 0 Å². The summed E-state index contributed by atoms with van der Waals surface area (Å²) in [5, 5.41) is 0.830. The Bertz CT molecular complexity index is 326. The summed E-state index contributed by atoms with van der Waals surface area (Å²) >= 11 is 1.98. The van der Waals surface area contributed by atoms with E-state index in [1.165, 1.54) is 25.7 Å². The van der Waals surface area contributed by atoms with Crippen LogP contribution in [0.2, 0.25) is 0 Å². The first-order valence-corrected chi connectivity index (χ1v) is 6.78. The van der Waals surface area contributed by atoms with Crippen molar-refractivity contribution in [1.82, 2.24) is 4.57 Å². The van der Waals surface area contributed by atoms with Gasteiger partial charge >= 0.3 is 0 Å². The first kappa shape index (κ1) is 10.8. The standard InChI is InChI=1S/C12H17NOS/c1-15-12-6-4-10(5-7-12)13-8-2-3-11(13)9-14/h2-3,8-10,12H,4-7H2,1H3. The number of aldehydes is 1. The van der Waals surface area contributed by atoms with Crippen LogP contribution in [0.15, 0.2) is 18.3 Å². The van der Waals surface area contributed by atoms with Gasteiger partial charge in [0.2, 0.25) is 0 Å². The lowest BCUT2D eigenvalue weighted by Crippen LogP contribution is -2.20. The molecule has 0 unspecified atom stereocenters. The predicted molar refractivity (Wildman–Crippen MR) is 64.6 cm³/mol. The van der Waals surface area contributed by atoms with E-state index in [4.69, 9.17) is 0 Å². The molecule has 1 fully saturated rings. The van der Waals surface area contributed by atoms with Gasteiger partial charge in [-0.25, -0.2) is 0 Å². The highest BCUT2D eigenvalue weighted by atomic mass is 32.2. The normalized spacial score (nSPS) is 26.5. The van der Waals surface area contributed by atoms with Gasteiger partial charge in [-0.05, 0) is 44.1 Å². The minimum atomic E-state index is 0.545. The van der Waals surface area contributed by atoms with Gasteiger partial charge in [0, 0.05) is 17.5 Å². The Hall–Kier alpha value is -0.700. The predicted octanol–water partition coefficient (Wildman–Crippen LogP) is 3.15. The molecule has 0 aliphatic heterocycles. The maximum absolute atomic E-state index is 10.8. The molecule has 2 rings (SSSR count). The second kappa shape index (κ2) is 4.88. The molecule has 1 heterocycles. The molecule has 1 aliphatic rings. The number of nitrogens with zero attached hydrogens (tertiary/aromatic N) is 1. The number of rotatable bonds is 3. The van der Waals surface area contributed by atoms with E-state index in [9.17, 15) is 4.79 Å². The van der Waals surface area contributed by atoms with Crippen LogP contribution in [0.3, 0.4) is 0 Å². The van der Waals surface area contributed by atoms with Crippen LogP contribution in [0.5, 0.6) is 0 Å². The third kappa shape index (κ3) is 2.28. The summed E-state index contributed by atoms with van der Waals surface area (Å²) in [6.45, 7) is 0. The Kier molecular flexibility index (Phi) is 3.52. The van der Waals surface area contributed by atoms with E-state index >= 15 is 0 Å². The van der Waals surface area contributed by atoms with Crippen LogP contribution in [0, 0.1) is 0 Å². The van der Waals surface area contributed by atoms with Crippen LogP contribution in [0.4, 0.5) is 0 Å². The van der Waals surface area contributed by atoms with Gasteiger partial charge in [0.1, 0.15) is 0 Å². The summed E-state index contributed by atoms with van der Waals surface area (Å²) in [5.74, 6) is 0. The van der Waals surface area contributed by atoms with E-state index in [2.05, 4.69) is 10.8 Å². The molecule has 1 aromatic rings. The number of hydrogen-bond acceptors (Lipinski definition) is 2. The highest BCUT2D eigenvalue weighted by Gasteiger charge is 2.22. The second-order valence-corrected chi connectivity index (χ2v) is 5.26. The average molecular weight is 223 g/mol. The van der Waals surface area contributed by atoms with Crippen LogP contribution in [-0.4, -0.2) is 22.4 Å². The molecule has 0 amide bonds. The van der Waals surface area contributed by atoms with Gasteiger partial charge in [0.05, 0.1) is 5.69 Å². The number of aromatic nitrogens is 1. The largest absolute Gasteiger partial charge is 0.342 e. The third-order valence-corrected chi connectivity index (χ3v) is 4.44. The van der Waals surface area contributed by atoms with E-state index in [0.29, 0.717) is 6.04 Å². The van der Waals surface area contributed by atoms with Gasteiger partial charge < -0.3 is 4.57 Å². The van der Waals surface area contributed by atoms with Crippen molar-refractivity contribution in [3.63, 3.8) is 0 Å². The molecular formula is C12H17NOS. The fraction of sp³-hybridized carbons (Fsp3) is 0.583. The minimum absolute atomic E-state index is 0.545. The van der Waals surface area contributed by atoms with Gasteiger partial charge in [-0.2, -0.15) is 11.8 Å². The molecule has 0 aromatic carbocycles. The fourth-order valence-electron chi connectivity index (χ4n) is 2.40. The van der Waals surface area contributed by atoms with E-state index in [-0.39, 0.29) is 0 Å². The lowest BCUT2D eigenvalue weighted by molar-refractivity contribution is 0.111. The highest BCUT2D eigenvalue weighted by Crippen LogP contribution is 2.34. The van der Waals surface area contributed by atoms with E-state index in [1.54, 1.807) is 0 Å². The van der Waals surface area contributed by atoms with Crippen LogP contribution in [0.1, 0.15) is 42.2 Å². The average Bonchev–Trinajstić information content (AvgIpc) is 2.77. The lowest BCUT2D eigenvalue weighted by Gasteiger charge is -2.29. The van der Waals surface area contributed by atoms with Crippen molar-refractivity contribution in [2.24, 2.45) is 0 Å². The van der Waals surface area contributed by atoms with Crippen molar-refractivity contribution in [2.75, 3.05) is 6.26 Å². The molecule has 0 radical (unpaired) electrons. The van der Waals surface area contributed by atoms with Crippen molar-refractivity contribution in [2.45, 2.75) is 37.0 Å². The monoisotopic (exact) mass is 223 g/mol. The number of thioether (sulfide) groups is 1. The summed E-state index contributed by atoms with van der Waals surface area (Å²) < 4.78 is 2.14. The van der Waals surface area contributed by atoms with Gasteiger partial charge in [-0.15, -0.1) is 0 Å². The molecular weight excluding hydrogens is 206 g/mol. The first-order valence-electron chi connectivity index (χ1n) is 5.50. The molecule has 3 heteroatoms. The number of carbonyl (C=O) groups excluding carboxylic acids is 1. The third-order valence-electron chi connectivity index (χ3n) is 3.30. The Morgan fingerprint density at radius 3 is 2.73 bits per heavy atom. The molecule has 0 bridgehead atoms. The molecule has 0 N–H and O–H groups in total. The SMILES string of the molecule is CSC1CCC(n2cccc2C=O)CC1. The van der Waals surface area contributed by atoms with Crippen LogP contribution < -0.4 is 0 Å². The van der Waals surface area contributed by atoms with Crippen molar-refractivity contribution >= 4 is 18.0 Å². The molecule has 15 heavy (non-hydrogen) atoms. The highest BCUT2D eigenvalue weighted by molar-refractivity contribution is 7.99. The molecule has 82 valence electrons. The smallest absolute Gasteiger partial charge is 0.166 e. The topological polar surface area (TPSA) is 22.0 Å². The van der Waals surface area contributed by atoms with Crippen LogP contribution >= 0.6 is 11.8 Å². The quantitative estimate of drug-likeness (QED) is 0.734. The van der Waals surface area contributed by atoms with Crippen molar-refractivity contribution < 1.29 is 4.79 Å². The zero-order valence-electron chi connectivity index (χ0n) is 9.06. The Morgan fingerprint density at radius 2 is 2.13 bits per heavy atom. The molecule has 1 aliphatic carbocycles. The Balaban J connectivity index is 2.04. The lowest BCUT2D eigenvalue weighted by atomic mass is 9.94. The molecule has 0 atom stereocenters. The Morgan fingerprint density at radius 1 is 1.40 bits per heavy atom. The Labute approximate surface area is 95.0 Å². The maximum atomic E-state index is 10.8. The van der Waals surface area contributed by atoms with Gasteiger partial charge in [-0.1, -0.05) is 0 Å². The van der Waals surface area contributed by atoms with E-state index < -0.39 is 0 Å². The van der Waals surface area contributed by atoms with Gasteiger partial charge in [0.15, 0.2) is 6.29 Å². The number of carbonyl (C=O) groups is 1. The van der Waals surface area contributed by atoms with Crippen molar-refractivity contribution in [3.05, 3.63) is 24.0 Å². The summed E-state index contributed by atoms with van der Waals surface area (Å²) in [5.41, 5.74) is 0.822. The van der Waals surface area contributed by atoms with Gasteiger partial charge in [-0.3, -0.25) is 4.79 Å². The first-order chi connectivity index (χ1) is 7.35. The summed E-state index contributed by atoms with van der Waals surface area (Å²) in [6.07, 6.45) is 10.2. The molecule has 0 saturated heterocycles. The van der Waals surface area contributed by atoms with Crippen molar-refractivity contribution in [1.29, 1.82) is 0 Å². The van der Waals surface area contributed by atoms with E-state index in [0.717, 1.165) is 17.2 Å². The summed E-state index contributed by atoms with van der Waals surface area (Å²) in [6, 6.07) is 4.40. The van der Waals surface area contributed by atoms with Crippen LogP contribution in [0.25, 0.3) is 0 Å². The molecule has 1 aromatic heterocycles. The van der Waals surface area contributed by atoms with Gasteiger partial charge in [0.25, 0.3) is 0 Å². The maximum Gasteiger partial charge on any atom is 0.166 e. The fourth-order valence-corrected chi connectivity index (χ4v) is 3.14. The summed E-state index contributed by atoms with van der Waals surface area (Å²) in [4.78, 5) is 10.8. The minimum Gasteiger partial charge on any atom is -0.342 e. The molecule has 0 spiro atoms. The molecule has 2 nitrogen and oxygen atoms in total. The summed E-state index contributed by atoms with van der Waals surface area (Å²) in [7, 11) is 0. The zero-order chi connectivity index (χ0) is 10.7. The zero-order valence-corrected chi connectivity index (χ0v) is 9.87. The van der Waals surface area contributed by atoms with E-state index in [1.807, 2.05) is 30.1 Å². The molecule has 1 saturated carbocycles. The number of hydrogen-bond donors (Lipinski definition) is 0. The van der Waals surface area contributed by atoms with Crippen LogP contribution in [-0.2, 0) is 0 Å². The second-order valence-electron chi connectivity index (χ2n) is 4.12.